The number of halogens is 2. The minimum atomic E-state index is -0.536. The highest BCUT2D eigenvalue weighted by atomic mass is 79.9. The third-order valence-corrected chi connectivity index (χ3v) is 6.80. The Balaban J connectivity index is 1.37. The fourth-order valence-electron chi connectivity index (χ4n) is 3.85. The highest BCUT2D eigenvalue weighted by molar-refractivity contribution is 9.10. The van der Waals surface area contributed by atoms with Crippen molar-refractivity contribution in [3.05, 3.63) is 123 Å². The van der Waals surface area contributed by atoms with Crippen LogP contribution in [0.1, 0.15) is 16.7 Å². The summed E-state index contributed by atoms with van der Waals surface area (Å²) in [5, 5.41) is 0.352. The number of benzene rings is 4. The minimum Gasteiger partial charge on any atom is -0.493 e. The smallest absolute Gasteiger partial charge is 0.363 e. The number of rotatable bonds is 7. The van der Waals surface area contributed by atoms with E-state index in [0.717, 1.165) is 21.2 Å². The van der Waals surface area contributed by atoms with E-state index in [1.807, 2.05) is 78.9 Å². The second-order valence-electron chi connectivity index (χ2n) is 8.19. The lowest BCUT2D eigenvalue weighted by molar-refractivity contribution is -0.129. The molecule has 0 fully saturated rings. The molecule has 4 aromatic carbocycles. The first kappa shape index (κ1) is 24.8. The van der Waals surface area contributed by atoms with Crippen molar-refractivity contribution in [2.45, 2.75) is 6.61 Å². The van der Waals surface area contributed by atoms with Crippen LogP contribution in [0.25, 0.3) is 17.2 Å². The second-order valence-corrected chi connectivity index (χ2v) is 9.46. The van der Waals surface area contributed by atoms with E-state index in [4.69, 9.17) is 25.8 Å². The average molecular weight is 575 g/mol. The van der Waals surface area contributed by atoms with Crippen LogP contribution in [0, 0.1) is 0 Å². The number of hydrogen-bond donors (Lipinski definition) is 0. The molecule has 1 aliphatic heterocycles. The summed E-state index contributed by atoms with van der Waals surface area (Å²) in [6, 6.07) is 29.0. The van der Waals surface area contributed by atoms with Crippen LogP contribution in [0.4, 0.5) is 0 Å². The Morgan fingerprint density at radius 2 is 1.59 bits per heavy atom. The number of cyclic esters (lactones) is 1. The number of methoxy groups -OCH3 is 1. The fourth-order valence-corrected chi connectivity index (χ4v) is 4.53. The highest BCUT2D eigenvalue weighted by Crippen LogP contribution is 2.38. The van der Waals surface area contributed by atoms with Crippen LogP contribution in [0.2, 0.25) is 5.02 Å². The van der Waals surface area contributed by atoms with E-state index in [1.54, 1.807) is 18.2 Å². The first-order valence-electron chi connectivity index (χ1n) is 11.4. The van der Waals surface area contributed by atoms with Gasteiger partial charge in [-0.25, -0.2) is 9.79 Å². The summed E-state index contributed by atoms with van der Waals surface area (Å²) in [7, 11) is 1.53. The summed E-state index contributed by atoms with van der Waals surface area (Å²) in [5.41, 5.74) is 4.65. The molecule has 7 heteroatoms. The van der Waals surface area contributed by atoms with Gasteiger partial charge in [-0.2, -0.15) is 0 Å². The monoisotopic (exact) mass is 573 g/mol. The molecular formula is C30H21BrClNO4. The lowest BCUT2D eigenvalue weighted by atomic mass is 10.0. The zero-order valence-electron chi connectivity index (χ0n) is 19.8. The van der Waals surface area contributed by atoms with E-state index in [9.17, 15) is 4.79 Å². The topological polar surface area (TPSA) is 57.1 Å². The summed E-state index contributed by atoms with van der Waals surface area (Å²) < 4.78 is 17.8. The molecule has 0 bridgehead atoms. The Kier molecular flexibility index (Phi) is 7.40. The predicted molar refractivity (Wildman–Crippen MR) is 149 cm³/mol. The van der Waals surface area contributed by atoms with E-state index < -0.39 is 5.97 Å². The first-order chi connectivity index (χ1) is 18.0. The van der Waals surface area contributed by atoms with Crippen LogP contribution in [-0.2, 0) is 16.1 Å². The van der Waals surface area contributed by atoms with Crippen molar-refractivity contribution < 1.29 is 19.0 Å². The van der Waals surface area contributed by atoms with Gasteiger partial charge in [0.1, 0.15) is 6.61 Å². The van der Waals surface area contributed by atoms with Gasteiger partial charge in [0.05, 0.1) is 12.1 Å². The summed E-state index contributed by atoms with van der Waals surface area (Å²) in [6.07, 6.45) is 1.61. The molecule has 0 unspecified atom stereocenters. The SMILES string of the molecule is COc1cc(/C=C2\N=C(c3ccc(-c4ccccc4)cc3)OC2=O)cc(Cl)c1OCc1ccccc1Br. The molecule has 4 aromatic rings. The van der Waals surface area contributed by atoms with Crippen molar-refractivity contribution in [3.8, 4) is 22.6 Å². The molecule has 0 amide bonds. The molecule has 0 atom stereocenters. The molecule has 1 aliphatic rings. The maximum absolute atomic E-state index is 12.5. The summed E-state index contributed by atoms with van der Waals surface area (Å²) in [6.45, 7) is 0.307. The van der Waals surface area contributed by atoms with Gasteiger partial charge in [-0.05, 0) is 53.1 Å². The number of nitrogens with zero attached hydrogens (tertiary/aromatic N) is 1. The van der Waals surface area contributed by atoms with Crippen LogP contribution < -0.4 is 9.47 Å². The number of esters is 1. The Labute approximate surface area is 228 Å². The van der Waals surface area contributed by atoms with Gasteiger partial charge < -0.3 is 14.2 Å². The molecular weight excluding hydrogens is 554 g/mol. The molecule has 0 spiro atoms. The third kappa shape index (κ3) is 5.61. The van der Waals surface area contributed by atoms with Gasteiger partial charge in [-0.1, -0.05) is 88.2 Å². The molecule has 184 valence electrons. The van der Waals surface area contributed by atoms with Gasteiger partial charge in [0.2, 0.25) is 5.90 Å². The van der Waals surface area contributed by atoms with Gasteiger partial charge in [0, 0.05) is 15.6 Å². The standard InChI is InChI=1S/C30H21BrClNO4/c1-35-27-17-19(15-25(32)28(27)36-18-23-9-5-6-10-24(23)31)16-26-30(34)37-29(33-26)22-13-11-21(12-14-22)20-7-3-2-4-8-20/h2-17H,18H2,1H3/b26-16-. The first-order valence-corrected chi connectivity index (χ1v) is 12.6. The van der Waals surface area contributed by atoms with Crippen LogP contribution in [-0.4, -0.2) is 19.0 Å². The Hall–Kier alpha value is -3.87. The normalized spacial score (nSPS) is 13.9. The fraction of sp³-hybridized carbons (Fsp3) is 0.0667. The van der Waals surface area contributed by atoms with Crippen molar-refractivity contribution in [3.63, 3.8) is 0 Å². The predicted octanol–water partition coefficient (Wildman–Crippen LogP) is 7.70. The summed E-state index contributed by atoms with van der Waals surface area (Å²) >= 11 is 10.1. The molecule has 0 radical (unpaired) electrons. The van der Waals surface area contributed by atoms with E-state index in [2.05, 4.69) is 20.9 Å². The minimum absolute atomic E-state index is 0.169. The Morgan fingerprint density at radius 3 is 2.32 bits per heavy atom. The molecule has 5 rings (SSSR count). The zero-order valence-corrected chi connectivity index (χ0v) is 22.1. The molecule has 0 saturated heterocycles. The van der Waals surface area contributed by atoms with Gasteiger partial charge in [0.15, 0.2) is 17.2 Å². The van der Waals surface area contributed by atoms with Crippen molar-refractivity contribution in [1.29, 1.82) is 0 Å². The third-order valence-electron chi connectivity index (χ3n) is 5.74. The number of aliphatic imine (C=N–C) groups is 1. The molecule has 5 nitrogen and oxygen atoms in total. The summed E-state index contributed by atoms with van der Waals surface area (Å²) in [5.74, 6) is 0.575. The zero-order chi connectivity index (χ0) is 25.8. The Morgan fingerprint density at radius 1 is 0.919 bits per heavy atom. The van der Waals surface area contributed by atoms with Crippen molar-refractivity contribution in [1.82, 2.24) is 0 Å². The molecule has 0 saturated carbocycles. The quantitative estimate of drug-likeness (QED) is 0.168. The maximum atomic E-state index is 12.5. The van der Waals surface area contributed by atoms with Crippen molar-refractivity contribution in [2.24, 2.45) is 4.99 Å². The number of carbonyl (C=O) groups excluding carboxylic acids is 1. The number of hydrogen-bond acceptors (Lipinski definition) is 5. The maximum Gasteiger partial charge on any atom is 0.363 e. The van der Waals surface area contributed by atoms with Crippen LogP contribution in [0.5, 0.6) is 11.5 Å². The van der Waals surface area contributed by atoms with Gasteiger partial charge in [0.25, 0.3) is 0 Å². The molecule has 37 heavy (non-hydrogen) atoms. The largest absolute Gasteiger partial charge is 0.493 e. The summed E-state index contributed by atoms with van der Waals surface area (Å²) in [4.78, 5) is 17.0. The molecule has 0 aliphatic carbocycles. The van der Waals surface area contributed by atoms with Crippen molar-refractivity contribution >= 4 is 45.5 Å². The lowest BCUT2D eigenvalue weighted by Crippen LogP contribution is -2.05. The number of carbonyl (C=O) groups is 1. The van der Waals surface area contributed by atoms with Gasteiger partial charge in [-0.15, -0.1) is 0 Å². The van der Waals surface area contributed by atoms with E-state index in [0.29, 0.717) is 34.3 Å². The van der Waals surface area contributed by atoms with Gasteiger partial charge >= 0.3 is 5.97 Å². The Bertz CT molecular complexity index is 1510. The van der Waals surface area contributed by atoms with Crippen LogP contribution in [0.15, 0.2) is 106 Å². The van der Waals surface area contributed by atoms with Gasteiger partial charge in [-0.3, -0.25) is 0 Å². The van der Waals surface area contributed by atoms with Crippen LogP contribution >= 0.6 is 27.5 Å². The molecule has 0 aromatic heterocycles. The lowest BCUT2D eigenvalue weighted by Gasteiger charge is -2.14. The van der Waals surface area contributed by atoms with E-state index in [1.165, 1.54) is 7.11 Å². The van der Waals surface area contributed by atoms with Crippen LogP contribution in [0.3, 0.4) is 0 Å². The highest BCUT2D eigenvalue weighted by Gasteiger charge is 2.24. The van der Waals surface area contributed by atoms with E-state index >= 15 is 0 Å². The van der Waals surface area contributed by atoms with Crippen molar-refractivity contribution in [2.75, 3.05) is 7.11 Å². The number of ether oxygens (including phenoxy) is 3. The molecule has 0 N–H and O–H groups in total. The second kappa shape index (κ2) is 11.0. The average Bonchev–Trinajstić information content (AvgIpc) is 3.29. The molecule has 1 heterocycles. The van der Waals surface area contributed by atoms with E-state index in [-0.39, 0.29) is 11.6 Å².